The highest BCUT2D eigenvalue weighted by Crippen LogP contribution is 2.14. The average Bonchev–Trinajstić information content (AvgIpc) is 2.51. The van der Waals surface area contributed by atoms with Crippen LogP contribution in [0.3, 0.4) is 0 Å². The molecule has 96 valence electrons. The van der Waals surface area contributed by atoms with E-state index in [2.05, 4.69) is 56.3 Å². The molecule has 1 heterocycles. The van der Waals surface area contributed by atoms with Crippen LogP contribution in [0.15, 0.2) is 12.2 Å². The molecule has 3 nitrogen and oxygen atoms in total. The monoisotopic (exact) mass is 235 g/mol. The molecule has 1 aromatic rings. The number of aromatic nitrogens is 2. The summed E-state index contributed by atoms with van der Waals surface area (Å²) in [5.41, 5.74) is 4.92. The summed E-state index contributed by atoms with van der Waals surface area (Å²) in [7, 11) is 0. The number of hydrogen-bond donors (Lipinski definition) is 1. The summed E-state index contributed by atoms with van der Waals surface area (Å²) < 4.78 is 2.07. The van der Waals surface area contributed by atoms with Gasteiger partial charge in [-0.25, -0.2) is 0 Å². The van der Waals surface area contributed by atoms with E-state index in [0.717, 1.165) is 25.2 Å². The number of aryl methyl sites for hydroxylation is 1. The fraction of sp³-hybridized carbons (Fsp3) is 0.643. The molecule has 0 saturated carbocycles. The number of allylic oxidation sites excluding steroid dienone is 1. The van der Waals surface area contributed by atoms with Gasteiger partial charge in [0.05, 0.1) is 12.2 Å². The molecule has 0 radical (unpaired) electrons. The standard InChI is InChI=1S/C14H25N3/c1-7-11(4)9-17-13(6)14(12(5)16-17)8-15-10(2)3/h10,15H,4,7-9H2,1-3,5-6H3. The molecule has 17 heavy (non-hydrogen) atoms. The van der Waals surface area contributed by atoms with Crippen molar-refractivity contribution >= 4 is 0 Å². The zero-order chi connectivity index (χ0) is 13.0. The highest BCUT2D eigenvalue weighted by Gasteiger charge is 2.11. The Balaban J connectivity index is 2.82. The molecule has 1 rings (SSSR count). The Morgan fingerprint density at radius 3 is 2.59 bits per heavy atom. The Hall–Kier alpha value is -1.09. The minimum atomic E-state index is 0.503. The fourth-order valence-electron chi connectivity index (χ4n) is 1.77. The summed E-state index contributed by atoms with van der Waals surface area (Å²) in [5, 5.41) is 8.04. The van der Waals surface area contributed by atoms with Gasteiger partial charge in [0.15, 0.2) is 0 Å². The third-order valence-electron chi connectivity index (χ3n) is 3.09. The molecule has 1 N–H and O–H groups in total. The first-order valence-corrected chi connectivity index (χ1v) is 6.38. The molecular formula is C14H25N3. The zero-order valence-corrected chi connectivity index (χ0v) is 11.8. The molecule has 3 heteroatoms. The molecule has 0 unspecified atom stereocenters. The number of rotatable bonds is 6. The normalized spacial score (nSPS) is 11.2. The molecule has 0 fully saturated rings. The van der Waals surface area contributed by atoms with Crippen molar-refractivity contribution in [2.24, 2.45) is 0 Å². The molecule has 0 aromatic carbocycles. The topological polar surface area (TPSA) is 29.9 Å². The highest BCUT2D eigenvalue weighted by atomic mass is 15.3. The van der Waals surface area contributed by atoms with Gasteiger partial charge in [0, 0.05) is 23.8 Å². The van der Waals surface area contributed by atoms with E-state index in [-0.39, 0.29) is 0 Å². The zero-order valence-electron chi connectivity index (χ0n) is 11.8. The van der Waals surface area contributed by atoms with Gasteiger partial charge in [0.1, 0.15) is 0 Å². The molecular weight excluding hydrogens is 210 g/mol. The maximum atomic E-state index is 4.59. The van der Waals surface area contributed by atoms with Crippen LogP contribution < -0.4 is 5.32 Å². The molecule has 0 aliphatic heterocycles. The van der Waals surface area contributed by atoms with E-state index in [1.807, 2.05) is 0 Å². The molecule has 0 spiro atoms. The molecule has 0 amide bonds. The van der Waals surface area contributed by atoms with Crippen molar-refractivity contribution < 1.29 is 0 Å². The second-order valence-electron chi connectivity index (χ2n) is 4.95. The van der Waals surface area contributed by atoms with Crippen LogP contribution in [0.5, 0.6) is 0 Å². The van der Waals surface area contributed by atoms with Crippen LogP contribution in [0.4, 0.5) is 0 Å². The van der Waals surface area contributed by atoms with Crippen LogP contribution in [0.1, 0.15) is 44.1 Å². The van der Waals surface area contributed by atoms with Gasteiger partial charge in [-0.15, -0.1) is 0 Å². The Bertz CT molecular complexity index is 388. The van der Waals surface area contributed by atoms with Gasteiger partial charge in [-0.1, -0.05) is 32.9 Å². The molecule has 1 aromatic heterocycles. The van der Waals surface area contributed by atoms with Crippen LogP contribution in [-0.2, 0) is 13.1 Å². The van der Waals surface area contributed by atoms with Gasteiger partial charge in [0.2, 0.25) is 0 Å². The van der Waals surface area contributed by atoms with Crippen molar-refractivity contribution in [1.29, 1.82) is 0 Å². The quantitative estimate of drug-likeness (QED) is 0.768. The van der Waals surface area contributed by atoms with Gasteiger partial charge in [-0.05, 0) is 20.3 Å². The Morgan fingerprint density at radius 2 is 2.06 bits per heavy atom. The van der Waals surface area contributed by atoms with Crippen molar-refractivity contribution in [2.75, 3.05) is 0 Å². The summed E-state index contributed by atoms with van der Waals surface area (Å²) in [4.78, 5) is 0. The SMILES string of the molecule is C=C(CC)Cn1nc(C)c(CNC(C)C)c1C. The maximum absolute atomic E-state index is 4.59. The third-order valence-corrected chi connectivity index (χ3v) is 3.09. The molecule has 0 aliphatic rings. The Morgan fingerprint density at radius 1 is 1.41 bits per heavy atom. The highest BCUT2D eigenvalue weighted by molar-refractivity contribution is 5.25. The van der Waals surface area contributed by atoms with Gasteiger partial charge in [0.25, 0.3) is 0 Å². The van der Waals surface area contributed by atoms with Crippen molar-refractivity contribution in [2.45, 2.75) is 60.2 Å². The second kappa shape index (κ2) is 6.01. The van der Waals surface area contributed by atoms with E-state index in [1.165, 1.54) is 16.8 Å². The minimum Gasteiger partial charge on any atom is -0.310 e. The first-order valence-electron chi connectivity index (χ1n) is 6.38. The van der Waals surface area contributed by atoms with Crippen LogP contribution in [0.25, 0.3) is 0 Å². The lowest BCUT2D eigenvalue weighted by Gasteiger charge is -2.09. The van der Waals surface area contributed by atoms with E-state index in [0.29, 0.717) is 6.04 Å². The van der Waals surface area contributed by atoms with E-state index >= 15 is 0 Å². The fourth-order valence-corrected chi connectivity index (χ4v) is 1.77. The Labute approximate surface area is 105 Å². The van der Waals surface area contributed by atoms with Crippen molar-refractivity contribution in [1.82, 2.24) is 15.1 Å². The molecule has 0 aliphatic carbocycles. The van der Waals surface area contributed by atoms with E-state index in [1.54, 1.807) is 0 Å². The minimum absolute atomic E-state index is 0.503. The number of nitrogens with zero attached hydrogens (tertiary/aromatic N) is 2. The lowest BCUT2D eigenvalue weighted by atomic mass is 10.2. The summed E-state index contributed by atoms with van der Waals surface area (Å²) in [6, 6.07) is 0.503. The van der Waals surface area contributed by atoms with Crippen molar-refractivity contribution in [3.05, 3.63) is 29.1 Å². The summed E-state index contributed by atoms with van der Waals surface area (Å²) in [6.07, 6.45) is 1.01. The first-order chi connectivity index (χ1) is 7.95. The summed E-state index contributed by atoms with van der Waals surface area (Å²) in [5.74, 6) is 0. The predicted octanol–water partition coefficient (Wildman–Crippen LogP) is 2.96. The number of nitrogens with one attached hydrogen (secondary N) is 1. The summed E-state index contributed by atoms with van der Waals surface area (Å²) in [6.45, 7) is 16.5. The lowest BCUT2D eigenvalue weighted by Crippen LogP contribution is -2.22. The Kier molecular flexibility index (Phi) is 4.94. The third kappa shape index (κ3) is 3.70. The van der Waals surface area contributed by atoms with E-state index in [9.17, 15) is 0 Å². The van der Waals surface area contributed by atoms with Crippen molar-refractivity contribution in [3.8, 4) is 0 Å². The average molecular weight is 235 g/mol. The smallest absolute Gasteiger partial charge is 0.0641 e. The van der Waals surface area contributed by atoms with Gasteiger partial charge >= 0.3 is 0 Å². The molecule has 0 atom stereocenters. The second-order valence-corrected chi connectivity index (χ2v) is 4.95. The largest absolute Gasteiger partial charge is 0.310 e. The first kappa shape index (κ1) is 14.0. The van der Waals surface area contributed by atoms with Crippen LogP contribution in [0, 0.1) is 13.8 Å². The predicted molar refractivity (Wildman–Crippen MR) is 73.1 cm³/mol. The molecule has 0 saturated heterocycles. The van der Waals surface area contributed by atoms with Crippen molar-refractivity contribution in [3.63, 3.8) is 0 Å². The maximum Gasteiger partial charge on any atom is 0.0641 e. The van der Waals surface area contributed by atoms with Crippen LogP contribution in [0.2, 0.25) is 0 Å². The van der Waals surface area contributed by atoms with Gasteiger partial charge in [-0.2, -0.15) is 5.10 Å². The van der Waals surface area contributed by atoms with Crippen LogP contribution in [-0.4, -0.2) is 15.8 Å². The van der Waals surface area contributed by atoms with E-state index < -0.39 is 0 Å². The molecule has 0 bridgehead atoms. The van der Waals surface area contributed by atoms with Gasteiger partial charge < -0.3 is 5.32 Å². The van der Waals surface area contributed by atoms with Crippen LogP contribution >= 0.6 is 0 Å². The van der Waals surface area contributed by atoms with Gasteiger partial charge in [-0.3, -0.25) is 4.68 Å². The lowest BCUT2D eigenvalue weighted by molar-refractivity contribution is 0.584. The van der Waals surface area contributed by atoms with E-state index in [4.69, 9.17) is 0 Å². The number of hydrogen-bond acceptors (Lipinski definition) is 2. The summed E-state index contributed by atoms with van der Waals surface area (Å²) >= 11 is 0.